The van der Waals surface area contributed by atoms with E-state index in [1.165, 1.54) is 0 Å². The molecule has 6 heteroatoms. The number of sulfone groups is 1. The van der Waals surface area contributed by atoms with Crippen LogP contribution in [-0.2, 0) is 9.84 Å². The number of nitriles is 1. The van der Waals surface area contributed by atoms with Crippen LogP contribution < -0.4 is 5.32 Å². The molecule has 2 rings (SSSR count). The minimum absolute atomic E-state index is 0.217. The quantitative estimate of drug-likeness (QED) is 0.899. The molecule has 1 saturated heterocycles. The molecule has 0 aromatic heterocycles. The predicted octanol–water partition coefficient (Wildman–Crippen LogP) is 1.87. The summed E-state index contributed by atoms with van der Waals surface area (Å²) in [5, 5.41) is 12.4. The minimum atomic E-state index is -3.61. The Morgan fingerprint density at radius 2 is 1.78 bits per heavy atom. The van der Waals surface area contributed by atoms with E-state index < -0.39 is 14.6 Å². The van der Waals surface area contributed by atoms with Crippen molar-refractivity contribution in [2.75, 3.05) is 13.1 Å². The summed E-state index contributed by atoms with van der Waals surface area (Å²) in [6, 6.07) is 8.47. The molecule has 96 valence electrons. The van der Waals surface area contributed by atoms with Crippen molar-refractivity contribution in [1.82, 2.24) is 5.32 Å². The smallest absolute Gasteiger partial charge is 0.197 e. The average molecular weight is 329 g/mol. The van der Waals surface area contributed by atoms with E-state index in [1.54, 1.807) is 24.3 Å². The molecule has 0 spiro atoms. The van der Waals surface area contributed by atoms with Crippen molar-refractivity contribution in [3.63, 3.8) is 0 Å². The van der Waals surface area contributed by atoms with Gasteiger partial charge in [-0.15, -0.1) is 0 Å². The average Bonchev–Trinajstić information content (AvgIpc) is 2.40. The first kappa shape index (κ1) is 13.5. The molecule has 1 N–H and O–H groups in total. The van der Waals surface area contributed by atoms with Crippen LogP contribution in [0, 0.1) is 11.3 Å². The van der Waals surface area contributed by atoms with Gasteiger partial charge in [0.25, 0.3) is 0 Å². The molecule has 1 aliphatic rings. The van der Waals surface area contributed by atoms with Crippen molar-refractivity contribution < 1.29 is 8.42 Å². The van der Waals surface area contributed by atoms with Crippen LogP contribution in [0.2, 0.25) is 0 Å². The summed E-state index contributed by atoms with van der Waals surface area (Å²) >= 11 is 3.27. The number of halogens is 1. The van der Waals surface area contributed by atoms with Crippen LogP contribution in [0.5, 0.6) is 0 Å². The molecule has 18 heavy (non-hydrogen) atoms. The molecule has 0 radical (unpaired) electrons. The van der Waals surface area contributed by atoms with Crippen molar-refractivity contribution in [2.24, 2.45) is 0 Å². The summed E-state index contributed by atoms with van der Waals surface area (Å²) in [6.45, 7) is 1.12. The Kier molecular flexibility index (Phi) is 3.76. The molecule has 0 saturated carbocycles. The molecule has 0 aliphatic carbocycles. The maximum absolute atomic E-state index is 12.6. The van der Waals surface area contributed by atoms with Gasteiger partial charge in [0, 0.05) is 4.47 Å². The Labute approximate surface area is 115 Å². The van der Waals surface area contributed by atoms with Crippen molar-refractivity contribution in [3.8, 4) is 6.07 Å². The summed E-state index contributed by atoms with van der Waals surface area (Å²) in [5.41, 5.74) is 0. The molecular weight excluding hydrogens is 316 g/mol. The van der Waals surface area contributed by atoms with Crippen LogP contribution >= 0.6 is 15.9 Å². The second kappa shape index (κ2) is 5.00. The number of piperidine rings is 1. The van der Waals surface area contributed by atoms with Gasteiger partial charge in [0.1, 0.15) is 0 Å². The molecule has 1 aromatic carbocycles. The van der Waals surface area contributed by atoms with E-state index >= 15 is 0 Å². The Morgan fingerprint density at radius 1 is 1.22 bits per heavy atom. The van der Waals surface area contributed by atoms with Gasteiger partial charge >= 0.3 is 0 Å². The van der Waals surface area contributed by atoms with E-state index in [0.29, 0.717) is 25.9 Å². The zero-order chi connectivity index (χ0) is 13.2. The largest absolute Gasteiger partial charge is 0.317 e. The third-order valence-corrected chi connectivity index (χ3v) is 6.20. The molecular formula is C12H13BrN2O2S. The maximum Gasteiger partial charge on any atom is 0.197 e. The van der Waals surface area contributed by atoms with Crippen LogP contribution in [-0.4, -0.2) is 26.3 Å². The zero-order valence-electron chi connectivity index (χ0n) is 9.69. The van der Waals surface area contributed by atoms with Crippen LogP contribution in [0.15, 0.2) is 33.6 Å². The Morgan fingerprint density at radius 3 is 2.28 bits per heavy atom. The van der Waals surface area contributed by atoms with Crippen LogP contribution in [0.1, 0.15) is 12.8 Å². The van der Waals surface area contributed by atoms with Gasteiger partial charge in [0.15, 0.2) is 14.6 Å². The summed E-state index contributed by atoms with van der Waals surface area (Å²) in [7, 11) is -3.61. The van der Waals surface area contributed by atoms with Gasteiger partial charge in [-0.05, 0) is 50.2 Å². The molecule has 1 aromatic rings. The Balaban J connectivity index is 2.47. The van der Waals surface area contributed by atoms with E-state index in [4.69, 9.17) is 0 Å². The van der Waals surface area contributed by atoms with Gasteiger partial charge in [0.05, 0.1) is 11.0 Å². The number of hydrogen-bond donors (Lipinski definition) is 1. The second-order valence-corrected chi connectivity index (χ2v) is 7.49. The highest BCUT2D eigenvalue weighted by atomic mass is 79.9. The lowest BCUT2D eigenvalue weighted by molar-refractivity contribution is 0.444. The Hall–Kier alpha value is -0.900. The highest BCUT2D eigenvalue weighted by Gasteiger charge is 2.45. The zero-order valence-corrected chi connectivity index (χ0v) is 12.1. The lowest BCUT2D eigenvalue weighted by Gasteiger charge is -2.30. The standard InChI is InChI=1S/C12H13BrN2O2S/c13-10-1-3-11(4-2-10)18(16,17)12(9-14)5-7-15-8-6-12/h1-4,15H,5-8H2. The van der Waals surface area contributed by atoms with Gasteiger partial charge in [-0.25, -0.2) is 8.42 Å². The fourth-order valence-electron chi connectivity index (χ4n) is 2.11. The Bertz CT molecular complexity index is 569. The van der Waals surface area contributed by atoms with Crippen molar-refractivity contribution in [1.29, 1.82) is 5.26 Å². The third-order valence-electron chi connectivity index (χ3n) is 3.25. The summed E-state index contributed by atoms with van der Waals surface area (Å²) in [5.74, 6) is 0. The van der Waals surface area contributed by atoms with Crippen LogP contribution in [0.25, 0.3) is 0 Å². The first-order valence-electron chi connectivity index (χ1n) is 5.64. The normalized spacial score (nSPS) is 19.1. The van der Waals surface area contributed by atoms with Gasteiger partial charge in [-0.2, -0.15) is 5.26 Å². The van der Waals surface area contributed by atoms with Gasteiger partial charge in [-0.1, -0.05) is 15.9 Å². The molecule has 4 nitrogen and oxygen atoms in total. The van der Waals surface area contributed by atoms with Crippen molar-refractivity contribution in [3.05, 3.63) is 28.7 Å². The topological polar surface area (TPSA) is 70.0 Å². The lowest BCUT2D eigenvalue weighted by Crippen LogP contribution is -2.46. The molecule has 0 atom stereocenters. The molecule has 1 fully saturated rings. The monoisotopic (exact) mass is 328 g/mol. The fraction of sp³-hybridized carbons (Fsp3) is 0.417. The summed E-state index contributed by atoms with van der Waals surface area (Å²) in [6.07, 6.45) is 0.670. The van der Waals surface area contributed by atoms with Gasteiger partial charge in [-0.3, -0.25) is 0 Å². The minimum Gasteiger partial charge on any atom is -0.317 e. The van der Waals surface area contributed by atoms with E-state index in [2.05, 4.69) is 21.2 Å². The molecule has 1 heterocycles. The number of hydrogen-bond acceptors (Lipinski definition) is 4. The number of nitrogens with zero attached hydrogens (tertiary/aromatic N) is 1. The number of nitrogens with one attached hydrogen (secondary N) is 1. The number of benzene rings is 1. The second-order valence-electron chi connectivity index (χ2n) is 4.31. The van der Waals surface area contributed by atoms with E-state index in [-0.39, 0.29) is 4.90 Å². The van der Waals surface area contributed by atoms with Gasteiger partial charge in [0.2, 0.25) is 0 Å². The molecule has 0 unspecified atom stereocenters. The van der Waals surface area contributed by atoms with Crippen LogP contribution in [0.4, 0.5) is 0 Å². The highest BCUT2D eigenvalue weighted by Crippen LogP contribution is 2.33. The SMILES string of the molecule is N#CC1(S(=O)(=O)c2ccc(Br)cc2)CCNCC1. The van der Waals surface area contributed by atoms with E-state index in [0.717, 1.165) is 4.47 Å². The van der Waals surface area contributed by atoms with Gasteiger partial charge < -0.3 is 5.32 Å². The van der Waals surface area contributed by atoms with E-state index in [1.807, 2.05) is 6.07 Å². The predicted molar refractivity (Wildman–Crippen MR) is 71.8 cm³/mol. The summed E-state index contributed by atoms with van der Waals surface area (Å²) in [4.78, 5) is 0.217. The lowest BCUT2D eigenvalue weighted by atomic mass is 9.99. The molecule has 0 bridgehead atoms. The first-order chi connectivity index (χ1) is 8.52. The number of rotatable bonds is 2. The summed E-state index contributed by atoms with van der Waals surface area (Å²) < 4.78 is 24.7. The first-order valence-corrected chi connectivity index (χ1v) is 7.92. The molecule has 0 amide bonds. The maximum atomic E-state index is 12.6. The van der Waals surface area contributed by atoms with Crippen molar-refractivity contribution >= 4 is 25.8 Å². The fourth-order valence-corrected chi connectivity index (χ4v) is 4.18. The van der Waals surface area contributed by atoms with E-state index in [9.17, 15) is 13.7 Å². The van der Waals surface area contributed by atoms with Crippen LogP contribution in [0.3, 0.4) is 0 Å². The van der Waals surface area contributed by atoms with Crippen molar-refractivity contribution in [2.45, 2.75) is 22.5 Å². The molecule has 1 aliphatic heterocycles. The highest BCUT2D eigenvalue weighted by molar-refractivity contribution is 9.10. The third kappa shape index (κ3) is 2.18.